The van der Waals surface area contributed by atoms with Crippen molar-refractivity contribution in [2.45, 2.75) is 90.7 Å². The van der Waals surface area contributed by atoms with Crippen molar-refractivity contribution in [1.29, 1.82) is 0 Å². The molecule has 1 N–H and O–H groups in total. The highest BCUT2D eigenvalue weighted by Gasteiger charge is 2.21. The Hall–Kier alpha value is -3.79. The largest absolute Gasteiger partial charge is 0.463 e. The second-order valence-electron chi connectivity index (χ2n) is 10.3. The number of fused-ring (bicyclic) bond motifs is 1. The number of nitrogens with zero attached hydrogens (tertiary/aromatic N) is 3. The summed E-state index contributed by atoms with van der Waals surface area (Å²) in [7, 11) is 0. The summed E-state index contributed by atoms with van der Waals surface area (Å²) in [6, 6.07) is 9.11. The van der Waals surface area contributed by atoms with Gasteiger partial charge in [-0.1, -0.05) is 81.5 Å². The fraction of sp³-hybridized carbons (Fsp3) is 0.484. The number of unbranched alkanes of at least 4 members (excludes halogenated alkanes) is 9. The molecular weight excluding hydrogens is 560 g/mol. The zero-order valence-electron chi connectivity index (χ0n) is 24.3. The molecule has 10 nitrogen and oxygen atoms in total. The van der Waals surface area contributed by atoms with Crippen LogP contribution in [0.25, 0.3) is 11.0 Å². The molecule has 1 unspecified atom stereocenters. The van der Waals surface area contributed by atoms with Crippen molar-refractivity contribution in [2.24, 2.45) is 0 Å². The second-order valence-corrected chi connectivity index (χ2v) is 10.7. The summed E-state index contributed by atoms with van der Waals surface area (Å²) in [6.07, 6.45) is 11.5. The fourth-order valence-corrected chi connectivity index (χ4v) is 4.63. The predicted molar refractivity (Wildman–Crippen MR) is 161 cm³/mol. The number of amides is 1. The lowest BCUT2D eigenvalue weighted by Gasteiger charge is -2.14. The highest BCUT2D eigenvalue weighted by atomic mass is 35.5. The van der Waals surface area contributed by atoms with Gasteiger partial charge < -0.3 is 14.8 Å². The molecule has 1 heterocycles. The Bertz CT molecular complexity index is 1360. The Morgan fingerprint density at radius 2 is 1.67 bits per heavy atom. The Morgan fingerprint density at radius 1 is 0.976 bits per heavy atom. The van der Waals surface area contributed by atoms with Gasteiger partial charge in [-0.05, 0) is 49.7 Å². The van der Waals surface area contributed by atoms with E-state index in [4.69, 9.17) is 21.1 Å². The van der Waals surface area contributed by atoms with Crippen molar-refractivity contribution < 1.29 is 28.7 Å². The number of hydrogen-bond donors (Lipinski definition) is 1. The van der Waals surface area contributed by atoms with Gasteiger partial charge in [0.15, 0.2) is 6.10 Å². The Labute approximate surface area is 251 Å². The van der Waals surface area contributed by atoms with Gasteiger partial charge in [0.1, 0.15) is 18.3 Å². The molecule has 3 aromatic rings. The molecule has 0 saturated carbocycles. The number of aromatic nitrogens is 3. The van der Waals surface area contributed by atoms with Crippen LogP contribution in [0.15, 0.2) is 36.4 Å². The molecular formula is C31H39ClN4O6. The van der Waals surface area contributed by atoms with E-state index in [1.807, 2.05) is 0 Å². The molecule has 226 valence electrons. The van der Waals surface area contributed by atoms with Crippen LogP contribution >= 0.6 is 11.6 Å². The minimum Gasteiger partial charge on any atom is -0.463 e. The number of carbonyl (C=O) groups excluding carboxylic acids is 4. The van der Waals surface area contributed by atoms with Crippen LogP contribution in [-0.4, -0.2) is 51.8 Å². The number of aldehydes is 1. The average Bonchev–Trinajstić information content (AvgIpc) is 3.38. The molecule has 1 atom stereocenters. The maximum Gasteiger partial charge on any atom is 0.347 e. The van der Waals surface area contributed by atoms with E-state index in [-0.39, 0.29) is 22.8 Å². The third-order valence-electron chi connectivity index (χ3n) is 6.80. The van der Waals surface area contributed by atoms with Crippen molar-refractivity contribution in [3.05, 3.63) is 52.5 Å². The van der Waals surface area contributed by atoms with Crippen LogP contribution in [0.2, 0.25) is 5.02 Å². The monoisotopic (exact) mass is 598 g/mol. The lowest BCUT2D eigenvalue weighted by molar-refractivity contribution is -0.153. The molecule has 0 radical (unpaired) electrons. The molecule has 42 heavy (non-hydrogen) atoms. The highest BCUT2D eigenvalue weighted by Crippen LogP contribution is 2.24. The van der Waals surface area contributed by atoms with Gasteiger partial charge in [-0.2, -0.15) is 0 Å². The number of esters is 2. The number of ether oxygens (including phenoxy) is 2. The topological polar surface area (TPSA) is 129 Å². The Morgan fingerprint density at radius 3 is 2.33 bits per heavy atom. The lowest BCUT2D eigenvalue weighted by atomic mass is 10.1. The molecule has 2 aromatic carbocycles. The van der Waals surface area contributed by atoms with Crippen molar-refractivity contribution >= 4 is 52.5 Å². The molecule has 1 amide bonds. The first kappa shape index (κ1) is 32.7. The number of halogens is 1. The van der Waals surface area contributed by atoms with Crippen LogP contribution in [-0.2, 0) is 25.6 Å². The molecule has 0 aliphatic carbocycles. The summed E-state index contributed by atoms with van der Waals surface area (Å²) in [4.78, 5) is 48.5. The number of anilines is 1. The van der Waals surface area contributed by atoms with Crippen molar-refractivity contribution in [1.82, 2.24) is 15.0 Å². The molecule has 11 heteroatoms. The third-order valence-corrected chi connectivity index (χ3v) is 7.12. The highest BCUT2D eigenvalue weighted by molar-refractivity contribution is 6.34. The normalized spacial score (nSPS) is 11.7. The van der Waals surface area contributed by atoms with Crippen LogP contribution in [0.5, 0.6) is 0 Å². The van der Waals surface area contributed by atoms with Crippen LogP contribution in [0.4, 0.5) is 5.69 Å². The summed E-state index contributed by atoms with van der Waals surface area (Å²) in [6.45, 7) is 3.80. The van der Waals surface area contributed by atoms with E-state index in [1.165, 1.54) is 74.8 Å². The number of carbonyl (C=O) groups is 4. The minimum atomic E-state index is -1.07. The van der Waals surface area contributed by atoms with Gasteiger partial charge in [-0.15, -0.1) is 5.10 Å². The summed E-state index contributed by atoms with van der Waals surface area (Å²) < 4.78 is 11.9. The van der Waals surface area contributed by atoms with Crippen molar-refractivity contribution in [3.8, 4) is 0 Å². The van der Waals surface area contributed by atoms with Crippen molar-refractivity contribution in [3.63, 3.8) is 0 Å². The molecule has 0 bridgehead atoms. The van der Waals surface area contributed by atoms with Gasteiger partial charge in [0, 0.05) is 5.56 Å². The first-order chi connectivity index (χ1) is 20.3. The van der Waals surface area contributed by atoms with Crippen LogP contribution in [0.1, 0.15) is 98.8 Å². The predicted octanol–water partition coefficient (Wildman–Crippen LogP) is 6.55. The maximum absolute atomic E-state index is 12.6. The molecule has 0 fully saturated rings. The lowest BCUT2D eigenvalue weighted by Crippen LogP contribution is -2.26. The first-order valence-corrected chi connectivity index (χ1v) is 15.0. The number of nitrogens with one attached hydrogen (secondary N) is 1. The number of hydrogen-bond acceptors (Lipinski definition) is 8. The van der Waals surface area contributed by atoms with Crippen LogP contribution < -0.4 is 5.32 Å². The molecule has 0 aliphatic rings. The van der Waals surface area contributed by atoms with Gasteiger partial charge in [0.2, 0.25) is 5.91 Å². The third kappa shape index (κ3) is 10.2. The first-order valence-electron chi connectivity index (χ1n) is 14.6. The summed E-state index contributed by atoms with van der Waals surface area (Å²) in [5, 5.41) is 10.7. The summed E-state index contributed by atoms with van der Waals surface area (Å²) in [5.41, 5.74) is 1.92. The molecule has 0 spiro atoms. The standard InChI is InChI=1S/C31H39ClN4O6/c1-3-4-5-6-7-8-9-10-11-12-17-41-30(39)22(2)42-31(40)24-14-16-26(25(32)19-24)33-29(38)20-36-28-18-23(21-37)13-15-27(28)34-35-36/h13-16,18-19,21-22H,3-12,17,20H2,1-2H3,(H,33,38). The fourth-order valence-electron chi connectivity index (χ4n) is 4.40. The minimum absolute atomic E-state index is 0.112. The molecule has 3 rings (SSSR count). The van der Waals surface area contributed by atoms with Gasteiger partial charge in [0.25, 0.3) is 0 Å². The number of benzene rings is 2. The Balaban J connectivity index is 1.39. The van der Waals surface area contributed by atoms with Crippen molar-refractivity contribution in [2.75, 3.05) is 11.9 Å². The number of rotatable bonds is 18. The SMILES string of the molecule is CCCCCCCCCCCCOC(=O)C(C)OC(=O)c1ccc(NC(=O)Cn2nnc3ccc(C=O)cc32)c(Cl)c1. The zero-order chi connectivity index (χ0) is 30.3. The van der Waals surface area contributed by atoms with E-state index in [0.29, 0.717) is 29.5 Å². The van der Waals surface area contributed by atoms with E-state index < -0.39 is 23.9 Å². The van der Waals surface area contributed by atoms with E-state index in [0.717, 1.165) is 19.3 Å². The smallest absolute Gasteiger partial charge is 0.347 e. The van der Waals surface area contributed by atoms with E-state index in [2.05, 4.69) is 22.6 Å². The molecule has 0 aliphatic heterocycles. The zero-order valence-corrected chi connectivity index (χ0v) is 25.0. The van der Waals surface area contributed by atoms with Crippen LogP contribution in [0.3, 0.4) is 0 Å². The summed E-state index contributed by atoms with van der Waals surface area (Å²) in [5.74, 6) is -1.78. The van der Waals surface area contributed by atoms with Gasteiger partial charge in [-0.3, -0.25) is 9.59 Å². The van der Waals surface area contributed by atoms with Gasteiger partial charge in [-0.25, -0.2) is 14.3 Å². The molecule has 1 aromatic heterocycles. The van der Waals surface area contributed by atoms with E-state index >= 15 is 0 Å². The van der Waals surface area contributed by atoms with Crippen LogP contribution in [0, 0.1) is 0 Å². The maximum atomic E-state index is 12.6. The van der Waals surface area contributed by atoms with Gasteiger partial charge >= 0.3 is 11.9 Å². The van der Waals surface area contributed by atoms with E-state index in [9.17, 15) is 19.2 Å². The Kier molecular flexibility index (Phi) is 13.4. The quantitative estimate of drug-likeness (QED) is 0.0991. The second kappa shape index (κ2) is 17.2. The molecule has 0 saturated heterocycles. The summed E-state index contributed by atoms with van der Waals surface area (Å²) >= 11 is 6.30. The van der Waals surface area contributed by atoms with E-state index in [1.54, 1.807) is 18.2 Å². The van der Waals surface area contributed by atoms with Gasteiger partial charge in [0.05, 0.1) is 28.4 Å². The average molecular weight is 599 g/mol.